The van der Waals surface area contributed by atoms with Gasteiger partial charge in [0.25, 0.3) is 0 Å². The molecule has 1 fully saturated rings. The van der Waals surface area contributed by atoms with Gasteiger partial charge in [0.1, 0.15) is 5.60 Å². The summed E-state index contributed by atoms with van der Waals surface area (Å²) < 4.78 is 5.40. The third-order valence-corrected chi connectivity index (χ3v) is 3.67. The lowest BCUT2D eigenvalue weighted by Gasteiger charge is -2.27. The van der Waals surface area contributed by atoms with Crippen molar-refractivity contribution in [2.75, 3.05) is 13.1 Å². The summed E-state index contributed by atoms with van der Waals surface area (Å²) in [6, 6.07) is 10.4. The highest BCUT2D eigenvalue weighted by molar-refractivity contribution is 5.68. The zero-order chi connectivity index (χ0) is 15.3. The zero-order valence-corrected chi connectivity index (χ0v) is 13.2. The lowest BCUT2D eigenvalue weighted by atomic mass is 9.93. The highest BCUT2D eigenvalue weighted by Crippen LogP contribution is 2.18. The van der Waals surface area contributed by atoms with Crippen LogP contribution in [0.1, 0.15) is 32.8 Å². The van der Waals surface area contributed by atoms with Gasteiger partial charge < -0.3 is 15.4 Å². The molecule has 1 amide bonds. The number of amides is 1. The highest BCUT2D eigenvalue weighted by atomic mass is 16.6. The number of benzene rings is 1. The molecule has 1 heterocycles. The van der Waals surface area contributed by atoms with E-state index in [-0.39, 0.29) is 12.1 Å². The average Bonchev–Trinajstić information content (AvgIpc) is 2.90. The second kappa shape index (κ2) is 6.94. The normalized spacial score (nSPS) is 20.0. The van der Waals surface area contributed by atoms with E-state index in [1.807, 2.05) is 39.0 Å². The van der Waals surface area contributed by atoms with Crippen molar-refractivity contribution in [3.63, 3.8) is 0 Å². The van der Waals surface area contributed by atoms with Gasteiger partial charge in [-0.1, -0.05) is 30.3 Å². The molecule has 4 nitrogen and oxygen atoms in total. The minimum absolute atomic E-state index is 0.109. The molecule has 1 saturated heterocycles. The first-order valence-corrected chi connectivity index (χ1v) is 7.68. The van der Waals surface area contributed by atoms with Crippen LogP contribution in [0.3, 0.4) is 0 Å². The molecule has 0 spiro atoms. The predicted molar refractivity (Wildman–Crippen MR) is 84.3 cm³/mol. The molecule has 0 unspecified atom stereocenters. The average molecular weight is 290 g/mol. The summed E-state index contributed by atoms with van der Waals surface area (Å²) in [4.78, 5) is 12.1. The Kier molecular flexibility index (Phi) is 5.23. The molecule has 1 aromatic rings. The molecule has 21 heavy (non-hydrogen) atoms. The number of alkyl carbamates (subject to hydrolysis) is 1. The van der Waals surface area contributed by atoms with Gasteiger partial charge in [0.2, 0.25) is 0 Å². The van der Waals surface area contributed by atoms with E-state index in [0.29, 0.717) is 5.92 Å². The van der Waals surface area contributed by atoms with Gasteiger partial charge in [-0.3, -0.25) is 0 Å². The van der Waals surface area contributed by atoms with Gasteiger partial charge in [0.15, 0.2) is 0 Å². The van der Waals surface area contributed by atoms with E-state index in [1.54, 1.807) is 0 Å². The quantitative estimate of drug-likeness (QED) is 0.896. The molecule has 4 heteroatoms. The maximum atomic E-state index is 12.1. The third-order valence-electron chi connectivity index (χ3n) is 3.67. The summed E-state index contributed by atoms with van der Waals surface area (Å²) in [5.41, 5.74) is 0.778. The number of nitrogens with one attached hydrogen (secondary N) is 2. The lowest BCUT2D eigenvalue weighted by Crippen LogP contribution is -2.44. The molecular formula is C17H26N2O2. The minimum Gasteiger partial charge on any atom is -0.444 e. The fraction of sp³-hybridized carbons (Fsp3) is 0.588. The summed E-state index contributed by atoms with van der Waals surface area (Å²) >= 11 is 0. The SMILES string of the molecule is CC(C)(C)OC(=O)N[C@@H](Cc1ccccc1)[C@@H]1CCNC1. The summed E-state index contributed by atoms with van der Waals surface area (Å²) in [7, 11) is 0. The van der Waals surface area contributed by atoms with E-state index in [4.69, 9.17) is 4.74 Å². The molecule has 116 valence electrons. The van der Waals surface area contributed by atoms with Crippen LogP contribution in [0, 0.1) is 5.92 Å². The number of ether oxygens (including phenoxy) is 1. The van der Waals surface area contributed by atoms with Crippen molar-refractivity contribution >= 4 is 6.09 Å². The fourth-order valence-electron chi connectivity index (χ4n) is 2.68. The predicted octanol–water partition coefficient (Wildman–Crippen LogP) is 2.73. The monoisotopic (exact) mass is 290 g/mol. The van der Waals surface area contributed by atoms with E-state index in [0.717, 1.165) is 25.9 Å². The van der Waals surface area contributed by atoms with Crippen molar-refractivity contribution in [1.29, 1.82) is 0 Å². The van der Waals surface area contributed by atoms with E-state index < -0.39 is 5.60 Å². The second-order valence-corrected chi connectivity index (χ2v) is 6.70. The van der Waals surface area contributed by atoms with Crippen LogP contribution in [-0.4, -0.2) is 30.8 Å². The Labute approximate surface area is 127 Å². The van der Waals surface area contributed by atoms with Crippen LogP contribution in [0.25, 0.3) is 0 Å². The maximum absolute atomic E-state index is 12.1. The first-order valence-electron chi connectivity index (χ1n) is 7.68. The van der Waals surface area contributed by atoms with Crippen molar-refractivity contribution in [3.8, 4) is 0 Å². The molecule has 1 aliphatic rings. The summed E-state index contributed by atoms with van der Waals surface area (Å²) in [5, 5.41) is 6.43. The first-order chi connectivity index (χ1) is 9.94. The zero-order valence-electron chi connectivity index (χ0n) is 13.2. The molecule has 0 aromatic heterocycles. The van der Waals surface area contributed by atoms with Crippen molar-refractivity contribution in [2.24, 2.45) is 5.92 Å². The number of hydrogen-bond donors (Lipinski definition) is 2. The number of rotatable bonds is 4. The Bertz CT molecular complexity index is 448. The first kappa shape index (κ1) is 15.8. The molecule has 0 aliphatic carbocycles. The van der Waals surface area contributed by atoms with Crippen LogP contribution in [0.2, 0.25) is 0 Å². The number of carbonyl (C=O) groups excluding carboxylic acids is 1. The molecule has 0 saturated carbocycles. The second-order valence-electron chi connectivity index (χ2n) is 6.70. The Hall–Kier alpha value is -1.55. The maximum Gasteiger partial charge on any atom is 0.407 e. The number of hydrogen-bond acceptors (Lipinski definition) is 3. The van der Waals surface area contributed by atoms with E-state index in [9.17, 15) is 4.79 Å². The lowest BCUT2D eigenvalue weighted by molar-refractivity contribution is 0.0488. The van der Waals surface area contributed by atoms with Crippen LogP contribution in [0.15, 0.2) is 30.3 Å². The Morgan fingerprint density at radius 2 is 2.10 bits per heavy atom. The van der Waals surface area contributed by atoms with Gasteiger partial charge in [-0.15, -0.1) is 0 Å². The fourth-order valence-corrected chi connectivity index (χ4v) is 2.68. The largest absolute Gasteiger partial charge is 0.444 e. The van der Waals surface area contributed by atoms with Crippen LogP contribution < -0.4 is 10.6 Å². The minimum atomic E-state index is -0.463. The van der Waals surface area contributed by atoms with E-state index >= 15 is 0 Å². The molecule has 1 aromatic carbocycles. The molecule has 2 N–H and O–H groups in total. The van der Waals surface area contributed by atoms with Crippen molar-refractivity contribution in [3.05, 3.63) is 35.9 Å². The third kappa shape index (κ3) is 5.38. The van der Waals surface area contributed by atoms with Gasteiger partial charge in [0, 0.05) is 6.04 Å². The Morgan fingerprint density at radius 3 is 2.67 bits per heavy atom. The molecule has 1 aliphatic heterocycles. The van der Waals surface area contributed by atoms with Gasteiger partial charge in [-0.2, -0.15) is 0 Å². The Morgan fingerprint density at radius 1 is 1.38 bits per heavy atom. The molecular weight excluding hydrogens is 264 g/mol. The van der Waals surface area contributed by atoms with Crippen LogP contribution in [0.5, 0.6) is 0 Å². The Balaban J connectivity index is 2.00. The van der Waals surface area contributed by atoms with Gasteiger partial charge >= 0.3 is 6.09 Å². The van der Waals surface area contributed by atoms with Crippen LogP contribution >= 0.6 is 0 Å². The molecule has 0 radical (unpaired) electrons. The van der Waals surface area contributed by atoms with Crippen molar-refractivity contribution < 1.29 is 9.53 Å². The molecule has 0 bridgehead atoms. The molecule has 2 atom stereocenters. The van der Waals surface area contributed by atoms with E-state index in [1.165, 1.54) is 5.56 Å². The highest BCUT2D eigenvalue weighted by Gasteiger charge is 2.28. The topological polar surface area (TPSA) is 50.4 Å². The summed E-state index contributed by atoms with van der Waals surface area (Å²) in [6.45, 7) is 7.63. The van der Waals surface area contributed by atoms with Crippen molar-refractivity contribution in [1.82, 2.24) is 10.6 Å². The van der Waals surface area contributed by atoms with Crippen LogP contribution in [-0.2, 0) is 11.2 Å². The smallest absolute Gasteiger partial charge is 0.407 e. The van der Waals surface area contributed by atoms with Crippen molar-refractivity contribution in [2.45, 2.75) is 45.3 Å². The summed E-state index contributed by atoms with van der Waals surface area (Å²) in [5.74, 6) is 0.456. The summed E-state index contributed by atoms with van der Waals surface area (Å²) in [6.07, 6.45) is 1.61. The molecule has 2 rings (SSSR count). The van der Waals surface area contributed by atoms with Gasteiger partial charge in [-0.25, -0.2) is 4.79 Å². The van der Waals surface area contributed by atoms with Crippen LogP contribution in [0.4, 0.5) is 4.79 Å². The van der Waals surface area contributed by atoms with E-state index in [2.05, 4.69) is 22.8 Å². The van der Waals surface area contributed by atoms with Gasteiger partial charge in [0.05, 0.1) is 0 Å². The standard InChI is InChI=1S/C17H26N2O2/c1-17(2,3)21-16(20)19-15(14-9-10-18-12-14)11-13-7-5-4-6-8-13/h4-8,14-15,18H,9-12H2,1-3H3,(H,19,20)/t14-,15+/m1/s1. The number of carbonyl (C=O) groups is 1. The van der Waals surface area contributed by atoms with Gasteiger partial charge in [-0.05, 0) is 58.2 Å².